The van der Waals surface area contributed by atoms with Gasteiger partial charge in [-0.3, -0.25) is 4.90 Å². The number of unbranched alkanes of at least 4 members (excludes halogenated alkanes) is 2. The van der Waals surface area contributed by atoms with Crippen LogP contribution in [0.3, 0.4) is 0 Å². The van der Waals surface area contributed by atoms with Crippen LogP contribution in [0.1, 0.15) is 55.5 Å². The van der Waals surface area contributed by atoms with Gasteiger partial charge in [0.15, 0.2) is 0 Å². The highest BCUT2D eigenvalue weighted by Crippen LogP contribution is 2.18. The summed E-state index contributed by atoms with van der Waals surface area (Å²) in [7, 11) is 0. The lowest BCUT2D eigenvalue weighted by Gasteiger charge is -2.22. The van der Waals surface area contributed by atoms with E-state index in [1.54, 1.807) is 10.7 Å². The van der Waals surface area contributed by atoms with Crippen molar-refractivity contribution in [2.24, 2.45) is 0 Å². The molecule has 2 rings (SSSR count). The van der Waals surface area contributed by atoms with Gasteiger partial charge in [-0.05, 0) is 37.6 Å². The molecule has 0 spiro atoms. The van der Waals surface area contributed by atoms with Crippen molar-refractivity contribution in [1.29, 1.82) is 0 Å². The molecule has 0 atom stereocenters. The van der Waals surface area contributed by atoms with E-state index in [0.29, 0.717) is 5.52 Å². The van der Waals surface area contributed by atoms with E-state index in [4.69, 9.17) is 0 Å². The number of aromatic carboxylic acids is 1. The molecule has 5 nitrogen and oxygen atoms in total. The van der Waals surface area contributed by atoms with Gasteiger partial charge in [-0.1, -0.05) is 32.8 Å². The van der Waals surface area contributed by atoms with Crippen LogP contribution in [0.25, 0.3) is 5.52 Å². The Morgan fingerprint density at radius 3 is 2.55 bits per heavy atom. The first-order valence-electron chi connectivity index (χ1n) is 8.08. The van der Waals surface area contributed by atoms with E-state index in [1.807, 2.05) is 12.1 Å². The molecule has 0 aliphatic carbocycles. The number of aromatic nitrogens is 2. The summed E-state index contributed by atoms with van der Waals surface area (Å²) in [4.78, 5) is 13.8. The maximum Gasteiger partial charge on any atom is 0.339 e. The summed E-state index contributed by atoms with van der Waals surface area (Å²) in [6, 6.07) is 3.94. The molecule has 0 aromatic carbocycles. The topological polar surface area (TPSA) is 57.8 Å². The number of pyridine rings is 1. The van der Waals surface area contributed by atoms with Crippen LogP contribution in [0.5, 0.6) is 0 Å². The second-order valence-corrected chi connectivity index (χ2v) is 5.67. The van der Waals surface area contributed by atoms with Crippen LogP contribution in [-0.2, 0) is 6.54 Å². The third-order valence-electron chi connectivity index (χ3n) is 3.90. The smallest absolute Gasteiger partial charge is 0.339 e. The van der Waals surface area contributed by atoms with Crippen molar-refractivity contribution in [1.82, 2.24) is 14.5 Å². The normalized spacial score (nSPS) is 11.4. The molecule has 0 aliphatic heterocycles. The Kier molecular flexibility index (Phi) is 5.95. The minimum absolute atomic E-state index is 0.279. The van der Waals surface area contributed by atoms with Gasteiger partial charge in [0.2, 0.25) is 0 Å². The number of hydrogen-bond acceptors (Lipinski definition) is 3. The van der Waals surface area contributed by atoms with Crippen LogP contribution < -0.4 is 0 Å². The van der Waals surface area contributed by atoms with Gasteiger partial charge in [-0.15, -0.1) is 0 Å². The highest BCUT2D eigenvalue weighted by molar-refractivity contribution is 5.96. The maximum atomic E-state index is 11.4. The third kappa shape index (κ3) is 3.85. The van der Waals surface area contributed by atoms with Crippen molar-refractivity contribution in [3.05, 3.63) is 35.7 Å². The van der Waals surface area contributed by atoms with Crippen LogP contribution in [0.4, 0.5) is 0 Å². The van der Waals surface area contributed by atoms with Crippen molar-refractivity contribution in [2.75, 3.05) is 13.1 Å². The van der Waals surface area contributed by atoms with Gasteiger partial charge >= 0.3 is 5.97 Å². The Labute approximate surface area is 131 Å². The van der Waals surface area contributed by atoms with E-state index < -0.39 is 5.97 Å². The summed E-state index contributed by atoms with van der Waals surface area (Å²) in [6.45, 7) is 7.26. The monoisotopic (exact) mass is 303 g/mol. The Morgan fingerprint density at radius 1 is 1.27 bits per heavy atom. The average Bonchev–Trinajstić information content (AvgIpc) is 2.95. The molecule has 0 bridgehead atoms. The molecule has 0 unspecified atom stereocenters. The van der Waals surface area contributed by atoms with Gasteiger partial charge in [0.25, 0.3) is 0 Å². The van der Waals surface area contributed by atoms with Crippen molar-refractivity contribution < 1.29 is 9.90 Å². The molecule has 0 fully saturated rings. The first kappa shape index (κ1) is 16.5. The van der Waals surface area contributed by atoms with Crippen LogP contribution in [0, 0.1) is 0 Å². The second kappa shape index (κ2) is 7.94. The molecular weight excluding hydrogens is 278 g/mol. The fourth-order valence-electron chi connectivity index (χ4n) is 2.67. The molecular formula is C17H25N3O2. The lowest BCUT2D eigenvalue weighted by Crippen LogP contribution is -2.26. The van der Waals surface area contributed by atoms with E-state index in [9.17, 15) is 9.90 Å². The predicted octanol–water partition coefficient (Wildman–Crippen LogP) is 3.43. The molecule has 2 aromatic rings. The zero-order valence-corrected chi connectivity index (χ0v) is 13.5. The Balaban J connectivity index is 2.27. The summed E-state index contributed by atoms with van der Waals surface area (Å²) in [5, 5.41) is 13.5. The van der Waals surface area contributed by atoms with E-state index in [2.05, 4.69) is 23.8 Å². The fourth-order valence-corrected chi connectivity index (χ4v) is 2.67. The van der Waals surface area contributed by atoms with Gasteiger partial charge in [0.05, 0.1) is 11.7 Å². The summed E-state index contributed by atoms with van der Waals surface area (Å²) in [5.41, 5.74) is 2.03. The Bertz CT molecular complexity index is 613. The molecule has 2 heterocycles. The van der Waals surface area contributed by atoms with E-state index in [1.165, 1.54) is 19.0 Å². The number of carboxylic acid groups (broad SMARTS) is 1. The summed E-state index contributed by atoms with van der Waals surface area (Å²) in [6.07, 6.45) is 7.90. The third-order valence-corrected chi connectivity index (χ3v) is 3.90. The summed E-state index contributed by atoms with van der Waals surface area (Å²) < 4.78 is 1.66. The first-order chi connectivity index (χ1) is 10.7. The van der Waals surface area contributed by atoms with Gasteiger partial charge in [-0.2, -0.15) is 5.10 Å². The minimum Gasteiger partial charge on any atom is -0.478 e. The number of fused-ring (bicyclic) bond motifs is 1. The minimum atomic E-state index is -0.920. The Hall–Kier alpha value is -1.88. The number of carboxylic acids is 1. The van der Waals surface area contributed by atoms with E-state index in [-0.39, 0.29) is 5.56 Å². The number of hydrogen-bond donors (Lipinski definition) is 1. The van der Waals surface area contributed by atoms with Gasteiger partial charge in [0.1, 0.15) is 5.56 Å². The summed E-state index contributed by atoms with van der Waals surface area (Å²) >= 11 is 0. The second-order valence-electron chi connectivity index (χ2n) is 5.67. The molecule has 0 aliphatic rings. The average molecular weight is 303 g/mol. The largest absolute Gasteiger partial charge is 0.478 e. The predicted molar refractivity (Wildman–Crippen MR) is 87.2 cm³/mol. The van der Waals surface area contributed by atoms with Crippen molar-refractivity contribution in [3.63, 3.8) is 0 Å². The van der Waals surface area contributed by atoms with E-state index in [0.717, 1.165) is 38.0 Å². The molecule has 5 heteroatoms. The van der Waals surface area contributed by atoms with Crippen molar-refractivity contribution in [2.45, 2.75) is 46.1 Å². The molecule has 0 amide bonds. The quantitative estimate of drug-likeness (QED) is 0.771. The summed E-state index contributed by atoms with van der Waals surface area (Å²) in [5.74, 6) is -0.920. The SMILES string of the molecule is CCCCN(CCCC)Cc1cccn2ncc(C(=O)O)c12. The van der Waals surface area contributed by atoms with Crippen LogP contribution in [0.15, 0.2) is 24.5 Å². The lowest BCUT2D eigenvalue weighted by molar-refractivity contribution is 0.0699. The molecule has 120 valence electrons. The highest BCUT2D eigenvalue weighted by atomic mass is 16.4. The number of rotatable bonds is 9. The lowest BCUT2D eigenvalue weighted by atomic mass is 10.1. The number of carbonyl (C=O) groups is 1. The van der Waals surface area contributed by atoms with Crippen LogP contribution >= 0.6 is 0 Å². The van der Waals surface area contributed by atoms with E-state index >= 15 is 0 Å². The molecule has 1 N–H and O–H groups in total. The van der Waals surface area contributed by atoms with Gasteiger partial charge < -0.3 is 5.11 Å². The Morgan fingerprint density at radius 2 is 1.95 bits per heavy atom. The van der Waals surface area contributed by atoms with Gasteiger partial charge in [0, 0.05) is 12.7 Å². The number of nitrogens with zero attached hydrogens (tertiary/aromatic N) is 3. The highest BCUT2D eigenvalue weighted by Gasteiger charge is 2.16. The standard InChI is InChI=1S/C17H25N3O2/c1-3-5-9-19(10-6-4-2)13-14-8-7-11-20-16(14)15(12-18-20)17(21)22/h7-8,11-12H,3-6,9-10,13H2,1-2H3,(H,21,22). The van der Waals surface area contributed by atoms with Crippen molar-refractivity contribution >= 4 is 11.5 Å². The zero-order valence-electron chi connectivity index (χ0n) is 13.5. The molecule has 0 radical (unpaired) electrons. The fraction of sp³-hybridized carbons (Fsp3) is 0.529. The molecule has 0 saturated carbocycles. The zero-order chi connectivity index (χ0) is 15.9. The maximum absolute atomic E-state index is 11.4. The van der Waals surface area contributed by atoms with Crippen molar-refractivity contribution in [3.8, 4) is 0 Å². The molecule has 2 aromatic heterocycles. The first-order valence-corrected chi connectivity index (χ1v) is 8.08. The van der Waals surface area contributed by atoms with Crippen LogP contribution in [-0.4, -0.2) is 38.7 Å². The molecule has 22 heavy (non-hydrogen) atoms. The van der Waals surface area contributed by atoms with Gasteiger partial charge in [-0.25, -0.2) is 9.31 Å². The molecule has 0 saturated heterocycles. The van der Waals surface area contributed by atoms with Crippen LogP contribution in [0.2, 0.25) is 0 Å².